The fraction of sp³-hybridized carbons (Fsp3) is 0.583. The summed E-state index contributed by atoms with van der Waals surface area (Å²) in [5.74, 6) is 2.10. The summed E-state index contributed by atoms with van der Waals surface area (Å²) in [6, 6.07) is 3.95. The van der Waals surface area contributed by atoms with E-state index in [2.05, 4.69) is 4.98 Å². The van der Waals surface area contributed by atoms with E-state index in [1.807, 2.05) is 23.9 Å². The number of hydrogen-bond acceptors (Lipinski definition) is 3. The summed E-state index contributed by atoms with van der Waals surface area (Å²) in [6.45, 7) is 0.0839. The van der Waals surface area contributed by atoms with Gasteiger partial charge in [0.05, 0.1) is 11.6 Å². The molecule has 1 aromatic rings. The van der Waals surface area contributed by atoms with Crippen LogP contribution in [-0.2, 0) is 6.61 Å². The maximum atomic E-state index is 8.88. The Hall–Kier alpha value is -0.540. The summed E-state index contributed by atoms with van der Waals surface area (Å²) < 4.78 is 0. The molecule has 1 saturated carbocycles. The van der Waals surface area contributed by atoms with Crippen molar-refractivity contribution in [2.75, 3.05) is 5.75 Å². The summed E-state index contributed by atoms with van der Waals surface area (Å²) in [7, 11) is 0. The first-order chi connectivity index (χ1) is 7.38. The number of nitrogens with zero attached hydrogens (tertiary/aromatic N) is 1. The molecule has 0 amide bonds. The molecule has 1 fully saturated rings. The van der Waals surface area contributed by atoms with Gasteiger partial charge in [-0.05, 0) is 30.4 Å². The van der Waals surface area contributed by atoms with Crippen LogP contribution in [-0.4, -0.2) is 15.8 Å². The molecular weight excluding hydrogens is 206 g/mol. The molecular formula is C12H17NOS. The van der Waals surface area contributed by atoms with Gasteiger partial charge in [-0.2, -0.15) is 0 Å². The lowest BCUT2D eigenvalue weighted by Crippen LogP contribution is -1.97. The zero-order valence-electron chi connectivity index (χ0n) is 8.85. The minimum absolute atomic E-state index is 0.0839. The van der Waals surface area contributed by atoms with Gasteiger partial charge in [0.1, 0.15) is 0 Å². The van der Waals surface area contributed by atoms with Crippen LogP contribution in [0.2, 0.25) is 0 Å². The van der Waals surface area contributed by atoms with Gasteiger partial charge in [0, 0.05) is 11.9 Å². The minimum atomic E-state index is 0.0839. The molecule has 0 unspecified atom stereocenters. The van der Waals surface area contributed by atoms with Gasteiger partial charge in [0.25, 0.3) is 0 Å². The molecule has 0 aromatic carbocycles. The number of thioether (sulfide) groups is 1. The monoisotopic (exact) mass is 223 g/mol. The molecule has 2 rings (SSSR count). The highest BCUT2D eigenvalue weighted by molar-refractivity contribution is 7.99. The van der Waals surface area contributed by atoms with Crippen molar-refractivity contribution >= 4 is 11.8 Å². The average molecular weight is 223 g/mol. The maximum Gasteiger partial charge on any atom is 0.0960 e. The van der Waals surface area contributed by atoms with E-state index < -0.39 is 0 Å². The second-order valence-electron chi connectivity index (χ2n) is 4.12. The van der Waals surface area contributed by atoms with E-state index in [4.69, 9.17) is 5.11 Å². The van der Waals surface area contributed by atoms with E-state index in [1.165, 1.54) is 31.4 Å². The maximum absolute atomic E-state index is 8.88. The largest absolute Gasteiger partial charge is 0.392 e. The SMILES string of the molecule is OCc1ccc(SCC2CCCC2)nc1. The number of aliphatic hydroxyl groups is 1. The summed E-state index contributed by atoms with van der Waals surface area (Å²) in [5.41, 5.74) is 0.889. The second kappa shape index (κ2) is 5.52. The minimum Gasteiger partial charge on any atom is -0.392 e. The van der Waals surface area contributed by atoms with Gasteiger partial charge in [-0.15, -0.1) is 11.8 Å². The van der Waals surface area contributed by atoms with Crippen LogP contribution in [0.4, 0.5) is 0 Å². The topological polar surface area (TPSA) is 33.1 Å². The smallest absolute Gasteiger partial charge is 0.0960 e. The molecule has 1 aliphatic carbocycles. The molecule has 1 N–H and O–H groups in total. The van der Waals surface area contributed by atoms with Crippen LogP contribution in [0.5, 0.6) is 0 Å². The highest BCUT2D eigenvalue weighted by Gasteiger charge is 2.15. The first-order valence-corrected chi connectivity index (χ1v) is 6.55. The fourth-order valence-electron chi connectivity index (χ4n) is 1.97. The zero-order valence-corrected chi connectivity index (χ0v) is 9.67. The Morgan fingerprint density at radius 1 is 1.33 bits per heavy atom. The second-order valence-corrected chi connectivity index (χ2v) is 5.16. The predicted octanol–water partition coefficient (Wildman–Crippen LogP) is 2.86. The molecule has 2 nitrogen and oxygen atoms in total. The number of rotatable bonds is 4. The van der Waals surface area contributed by atoms with Crippen molar-refractivity contribution in [1.82, 2.24) is 4.98 Å². The highest BCUT2D eigenvalue weighted by atomic mass is 32.2. The first-order valence-electron chi connectivity index (χ1n) is 5.57. The number of hydrogen-bond donors (Lipinski definition) is 1. The van der Waals surface area contributed by atoms with Crippen molar-refractivity contribution in [3.05, 3.63) is 23.9 Å². The van der Waals surface area contributed by atoms with E-state index in [0.29, 0.717) is 0 Å². The molecule has 0 saturated heterocycles. The molecule has 0 radical (unpaired) electrons. The third kappa shape index (κ3) is 3.21. The Morgan fingerprint density at radius 3 is 2.73 bits per heavy atom. The standard InChI is InChI=1S/C12H17NOS/c14-8-11-5-6-12(13-7-11)15-9-10-3-1-2-4-10/h5-7,10,14H,1-4,8-9H2. The van der Waals surface area contributed by atoms with E-state index in [0.717, 1.165) is 16.5 Å². The van der Waals surface area contributed by atoms with Gasteiger partial charge in [0.2, 0.25) is 0 Å². The lowest BCUT2D eigenvalue weighted by molar-refractivity contribution is 0.281. The van der Waals surface area contributed by atoms with E-state index in [-0.39, 0.29) is 6.61 Å². The van der Waals surface area contributed by atoms with Gasteiger partial charge in [-0.1, -0.05) is 18.9 Å². The first kappa shape index (κ1) is 11.0. The van der Waals surface area contributed by atoms with Crippen LogP contribution >= 0.6 is 11.8 Å². The van der Waals surface area contributed by atoms with Crippen LogP contribution in [0.25, 0.3) is 0 Å². The van der Waals surface area contributed by atoms with Gasteiger partial charge >= 0.3 is 0 Å². The van der Waals surface area contributed by atoms with Crippen LogP contribution in [0.3, 0.4) is 0 Å². The number of pyridine rings is 1. The Morgan fingerprint density at radius 2 is 2.13 bits per heavy atom. The molecule has 15 heavy (non-hydrogen) atoms. The third-order valence-corrected chi connectivity index (χ3v) is 4.10. The lowest BCUT2D eigenvalue weighted by Gasteiger charge is -2.07. The Labute approximate surface area is 95.1 Å². The van der Waals surface area contributed by atoms with Crippen LogP contribution in [0.1, 0.15) is 31.2 Å². The van der Waals surface area contributed by atoms with Gasteiger partial charge < -0.3 is 5.11 Å². The van der Waals surface area contributed by atoms with Crippen molar-refractivity contribution in [1.29, 1.82) is 0 Å². The molecule has 0 spiro atoms. The fourth-order valence-corrected chi connectivity index (χ4v) is 3.00. The van der Waals surface area contributed by atoms with Crippen molar-refractivity contribution < 1.29 is 5.11 Å². The van der Waals surface area contributed by atoms with E-state index in [1.54, 1.807) is 6.20 Å². The molecule has 0 aliphatic heterocycles. The van der Waals surface area contributed by atoms with Gasteiger partial charge in [-0.25, -0.2) is 4.98 Å². The highest BCUT2D eigenvalue weighted by Crippen LogP contribution is 2.30. The van der Waals surface area contributed by atoms with Crippen molar-refractivity contribution in [2.24, 2.45) is 5.92 Å². The molecule has 0 atom stereocenters. The summed E-state index contributed by atoms with van der Waals surface area (Å²) in [5, 5.41) is 9.97. The summed E-state index contributed by atoms with van der Waals surface area (Å²) in [4.78, 5) is 4.31. The van der Waals surface area contributed by atoms with Crippen LogP contribution in [0, 0.1) is 5.92 Å². The van der Waals surface area contributed by atoms with Crippen LogP contribution < -0.4 is 0 Å². The number of aromatic nitrogens is 1. The predicted molar refractivity (Wildman–Crippen MR) is 62.8 cm³/mol. The summed E-state index contributed by atoms with van der Waals surface area (Å²) in [6.07, 6.45) is 7.35. The average Bonchev–Trinajstić information content (AvgIpc) is 2.80. The lowest BCUT2D eigenvalue weighted by atomic mass is 10.1. The van der Waals surface area contributed by atoms with Crippen molar-refractivity contribution in [3.8, 4) is 0 Å². The number of aliphatic hydroxyl groups excluding tert-OH is 1. The van der Waals surface area contributed by atoms with Crippen molar-refractivity contribution in [3.63, 3.8) is 0 Å². The molecule has 0 bridgehead atoms. The molecule has 1 aromatic heterocycles. The van der Waals surface area contributed by atoms with Crippen molar-refractivity contribution in [2.45, 2.75) is 37.3 Å². The van der Waals surface area contributed by atoms with E-state index >= 15 is 0 Å². The quantitative estimate of drug-likeness (QED) is 0.797. The third-order valence-electron chi connectivity index (χ3n) is 2.92. The Balaban J connectivity index is 1.82. The van der Waals surface area contributed by atoms with E-state index in [9.17, 15) is 0 Å². The van der Waals surface area contributed by atoms with Gasteiger partial charge in [-0.3, -0.25) is 0 Å². The Bertz CT molecular complexity index is 293. The van der Waals surface area contributed by atoms with Crippen LogP contribution in [0.15, 0.2) is 23.4 Å². The normalized spacial score (nSPS) is 17.1. The molecule has 1 aliphatic rings. The summed E-state index contributed by atoms with van der Waals surface area (Å²) >= 11 is 1.84. The Kier molecular flexibility index (Phi) is 4.03. The molecule has 3 heteroatoms. The molecule has 1 heterocycles. The molecule has 82 valence electrons. The van der Waals surface area contributed by atoms with Gasteiger partial charge in [0.15, 0.2) is 0 Å². The zero-order chi connectivity index (χ0) is 10.5.